The van der Waals surface area contributed by atoms with E-state index in [1.165, 1.54) is 12.1 Å². The molecule has 2 aromatic carbocycles. The van der Waals surface area contributed by atoms with Crippen molar-refractivity contribution in [1.82, 2.24) is 5.32 Å². The molecular formula is C16H13F4N3O3. The average Bonchev–Trinajstić information content (AvgIpc) is 2.58. The largest absolute Gasteiger partial charge is 0.416 e. The lowest BCUT2D eigenvalue weighted by Gasteiger charge is -2.11. The molecule has 0 radical (unpaired) electrons. The summed E-state index contributed by atoms with van der Waals surface area (Å²) in [5.41, 5.74) is -1.71. The molecule has 0 fully saturated rings. The molecule has 0 aliphatic rings. The lowest BCUT2D eigenvalue weighted by Crippen LogP contribution is -2.28. The Kier molecular flexibility index (Phi) is 5.75. The van der Waals surface area contributed by atoms with Crippen LogP contribution >= 0.6 is 0 Å². The van der Waals surface area contributed by atoms with Gasteiger partial charge in [-0.25, -0.2) is 4.39 Å². The summed E-state index contributed by atoms with van der Waals surface area (Å²) in [5.74, 6) is -0.966. The van der Waals surface area contributed by atoms with Crippen LogP contribution in [0.5, 0.6) is 0 Å². The van der Waals surface area contributed by atoms with E-state index in [2.05, 4.69) is 10.6 Å². The number of nitrogens with zero attached hydrogens (tertiary/aromatic N) is 1. The summed E-state index contributed by atoms with van der Waals surface area (Å²) in [4.78, 5) is 21.8. The molecule has 0 bridgehead atoms. The van der Waals surface area contributed by atoms with Gasteiger partial charge in [0.2, 0.25) is 0 Å². The van der Waals surface area contributed by atoms with Gasteiger partial charge in [0, 0.05) is 24.7 Å². The summed E-state index contributed by atoms with van der Waals surface area (Å²) in [5, 5.41) is 16.1. The summed E-state index contributed by atoms with van der Waals surface area (Å²) >= 11 is 0. The maximum Gasteiger partial charge on any atom is 0.416 e. The Morgan fingerprint density at radius 3 is 2.31 bits per heavy atom. The summed E-state index contributed by atoms with van der Waals surface area (Å²) in [7, 11) is 0. The molecule has 0 aliphatic heterocycles. The molecule has 26 heavy (non-hydrogen) atoms. The molecular weight excluding hydrogens is 358 g/mol. The van der Waals surface area contributed by atoms with E-state index < -0.39 is 34.1 Å². The number of alkyl halides is 3. The van der Waals surface area contributed by atoms with Gasteiger partial charge in [-0.2, -0.15) is 13.2 Å². The van der Waals surface area contributed by atoms with Gasteiger partial charge in [-0.1, -0.05) is 0 Å². The van der Waals surface area contributed by atoms with Crippen molar-refractivity contribution in [3.05, 3.63) is 69.5 Å². The van der Waals surface area contributed by atoms with Gasteiger partial charge in [0.1, 0.15) is 11.5 Å². The minimum atomic E-state index is -4.69. The number of hydrogen-bond acceptors (Lipinski definition) is 4. The highest BCUT2D eigenvalue weighted by molar-refractivity contribution is 5.94. The number of halogens is 4. The number of amides is 1. The number of nitrogens with one attached hydrogen (secondary N) is 2. The highest BCUT2D eigenvalue weighted by atomic mass is 19.4. The zero-order chi connectivity index (χ0) is 19.3. The van der Waals surface area contributed by atoms with Crippen LogP contribution in [-0.2, 0) is 6.18 Å². The smallest absolute Gasteiger partial charge is 0.378 e. The topological polar surface area (TPSA) is 84.3 Å². The fourth-order valence-electron chi connectivity index (χ4n) is 2.09. The van der Waals surface area contributed by atoms with Crippen molar-refractivity contribution in [2.75, 3.05) is 18.4 Å². The first-order chi connectivity index (χ1) is 12.2. The summed E-state index contributed by atoms with van der Waals surface area (Å²) < 4.78 is 50.7. The molecule has 0 saturated heterocycles. The van der Waals surface area contributed by atoms with Crippen molar-refractivity contribution >= 4 is 17.3 Å². The fraction of sp³-hybridized carbons (Fsp3) is 0.188. The highest BCUT2D eigenvalue weighted by Crippen LogP contribution is 2.34. The maximum absolute atomic E-state index is 12.8. The summed E-state index contributed by atoms with van der Waals surface area (Å²) in [6.07, 6.45) is -4.69. The lowest BCUT2D eigenvalue weighted by atomic mass is 10.1. The predicted octanol–water partition coefficient (Wildman–Crippen LogP) is 3.59. The van der Waals surface area contributed by atoms with E-state index in [9.17, 15) is 32.5 Å². The van der Waals surface area contributed by atoms with Gasteiger partial charge >= 0.3 is 6.18 Å². The number of hydrogen-bond donors (Lipinski definition) is 2. The minimum absolute atomic E-state index is 0.0408. The van der Waals surface area contributed by atoms with Crippen LogP contribution in [0.15, 0.2) is 42.5 Å². The Balaban J connectivity index is 1.95. The number of benzene rings is 2. The SMILES string of the molecule is O=C(NCCNc1ccc(C(F)(F)F)cc1[N+](=O)[O-])c1ccc(F)cc1. The molecule has 10 heteroatoms. The van der Waals surface area contributed by atoms with Gasteiger partial charge in [-0.3, -0.25) is 14.9 Å². The number of carbonyl (C=O) groups excluding carboxylic acids is 1. The van der Waals surface area contributed by atoms with Crippen LogP contribution in [0, 0.1) is 15.9 Å². The van der Waals surface area contributed by atoms with Crippen molar-refractivity contribution < 1.29 is 27.3 Å². The van der Waals surface area contributed by atoms with Gasteiger partial charge in [-0.05, 0) is 36.4 Å². The van der Waals surface area contributed by atoms with Crippen molar-refractivity contribution in [3.63, 3.8) is 0 Å². The zero-order valence-electron chi connectivity index (χ0n) is 13.1. The third kappa shape index (κ3) is 4.91. The maximum atomic E-state index is 12.8. The molecule has 2 N–H and O–H groups in total. The van der Waals surface area contributed by atoms with E-state index in [0.717, 1.165) is 24.3 Å². The molecule has 0 spiro atoms. The molecule has 0 saturated carbocycles. The molecule has 0 aliphatic carbocycles. The first-order valence-corrected chi connectivity index (χ1v) is 7.32. The Hall–Kier alpha value is -3.17. The van der Waals surface area contributed by atoms with E-state index in [4.69, 9.17) is 0 Å². The number of rotatable bonds is 6. The Labute approximate surface area is 145 Å². The van der Waals surface area contributed by atoms with Crippen LogP contribution in [-0.4, -0.2) is 23.9 Å². The molecule has 0 heterocycles. The normalized spacial score (nSPS) is 11.1. The van der Waals surface area contributed by atoms with E-state index in [1.54, 1.807) is 0 Å². The quantitative estimate of drug-likeness (QED) is 0.352. The van der Waals surface area contributed by atoms with Crippen molar-refractivity contribution in [2.45, 2.75) is 6.18 Å². The van der Waals surface area contributed by atoms with Crippen molar-refractivity contribution in [2.24, 2.45) is 0 Å². The standard InChI is InChI=1S/C16H13F4N3O3/c17-12-4-1-10(2-5-12)15(24)22-8-7-21-13-6-3-11(16(18,19)20)9-14(13)23(25)26/h1-6,9,21H,7-8H2,(H,22,24). The Morgan fingerprint density at radius 1 is 1.08 bits per heavy atom. The number of carbonyl (C=O) groups is 1. The van der Waals surface area contributed by atoms with Gasteiger partial charge in [0.15, 0.2) is 0 Å². The second-order valence-electron chi connectivity index (χ2n) is 5.18. The van der Waals surface area contributed by atoms with E-state index in [1.807, 2.05) is 0 Å². The van der Waals surface area contributed by atoms with Gasteiger partial charge < -0.3 is 10.6 Å². The second kappa shape index (κ2) is 7.81. The number of anilines is 1. The van der Waals surface area contributed by atoms with Crippen LogP contribution in [0.1, 0.15) is 15.9 Å². The van der Waals surface area contributed by atoms with Crippen molar-refractivity contribution in [1.29, 1.82) is 0 Å². The van der Waals surface area contributed by atoms with E-state index in [-0.39, 0.29) is 24.3 Å². The fourth-order valence-corrected chi connectivity index (χ4v) is 2.09. The second-order valence-corrected chi connectivity index (χ2v) is 5.18. The monoisotopic (exact) mass is 371 g/mol. The molecule has 2 rings (SSSR count). The van der Waals surface area contributed by atoms with E-state index in [0.29, 0.717) is 6.07 Å². The average molecular weight is 371 g/mol. The Bertz CT molecular complexity index is 807. The molecule has 2 aromatic rings. The van der Waals surface area contributed by atoms with Gasteiger partial charge in [0.25, 0.3) is 11.6 Å². The first-order valence-electron chi connectivity index (χ1n) is 7.32. The third-order valence-electron chi connectivity index (χ3n) is 3.35. The summed E-state index contributed by atoms with van der Waals surface area (Å²) in [6.45, 7) is 0.0908. The Morgan fingerprint density at radius 2 is 1.73 bits per heavy atom. The van der Waals surface area contributed by atoms with E-state index >= 15 is 0 Å². The lowest BCUT2D eigenvalue weighted by molar-refractivity contribution is -0.384. The molecule has 1 amide bonds. The van der Waals surface area contributed by atoms with Gasteiger partial charge in [-0.15, -0.1) is 0 Å². The molecule has 0 atom stereocenters. The molecule has 0 aromatic heterocycles. The molecule has 0 unspecified atom stereocenters. The number of nitro groups is 1. The molecule has 6 nitrogen and oxygen atoms in total. The molecule has 138 valence electrons. The minimum Gasteiger partial charge on any atom is -0.378 e. The van der Waals surface area contributed by atoms with Crippen LogP contribution in [0.4, 0.5) is 28.9 Å². The van der Waals surface area contributed by atoms with Crippen LogP contribution < -0.4 is 10.6 Å². The van der Waals surface area contributed by atoms with Crippen LogP contribution in [0.3, 0.4) is 0 Å². The van der Waals surface area contributed by atoms with Crippen LogP contribution in [0.2, 0.25) is 0 Å². The number of nitro benzene ring substituents is 1. The summed E-state index contributed by atoms with van der Waals surface area (Å²) in [6, 6.07) is 6.96. The predicted molar refractivity (Wildman–Crippen MR) is 85.3 cm³/mol. The first kappa shape index (κ1) is 19.2. The zero-order valence-corrected chi connectivity index (χ0v) is 13.1. The highest BCUT2D eigenvalue weighted by Gasteiger charge is 2.32. The van der Waals surface area contributed by atoms with Gasteiger partial charge in [0.05, 0.1) is 10.5 Å². The van der Waals surface area contributed by atoms with Crippen molar-refractivity contribution in [3.8, 4) is 0 Å². The van der Waals surface area contributed by atoms with Crippen LogP contribution in [0.25, 0.3) is 0 Å². The third-order valence-corrected chi connectivity index (χ3v) is 3.35.